The van der Waals surface area contributed by atoms with Gasteiger partial charge in [-0.1, -0.05) is 30.2 Å². The minimum absolute atomic E-state index is 0.0363. The van der Waals surface area contributed by atoms with E-state index in [9.17, 15) is 9.90 Å². The Morgan fingerprint density at radius 2 is 1.79 bits per heavy atom. The quantitative estimate of drug-likeness (QED) is 0.711. The number of allylic oxidation sites excluding steroid dienone is 2. The molecule has 0 amide bonds. The van der Waals surface area contributed by atoms with Crippen molar-refractivity contribution < 1.29 is 9.90 Å². The number of rotatable bonds is 2. The van der Waals surface area contributed by atoms with Gasteiger partial charge in [0.2, 0.25) is 0 Å². The van der Waals surface area contributed by atoms with Crippen LogP contribution < -0.4 is 4.90 Å². The Balaban J connectivity index is 1.58. The highest BCUT2D eigenvalue weighted by molar-refractivity contribution is 5.82. The number of ketones is 1. The molecule has 0 bridgehead atoms. The lowest BCUT2D eigenvalue weighted by Gasteiger charge is -2.55. The first-order valence-corrected chi connectivity index (χ1v) is 11.6. The lowest BCUT2D eigenvalue weighted by molar-refractivity contribution is -0.119. The zero-order valence-corrected chi connectivity index (χ0v) is 18.2. The van der Waals surface area contributed by atoms with Crippen molar-refractivity contribution in [2.75, 3.05) is 19.0 Å². The number of Topliss-reactive ketones (excluding diaryl/α,β-unsaturated/α-hetero) is 1. The summed E-state index contributed by atoms with van der Waals surface area (Å²) in [5.74, 6) is 2.76. The van der Waals surface area contributed by atoms with Gasteiger partial charge in [-0.25, -0.2) is 0 Å². The molecule has 156 valence electrons. The second-order valence-electron chi connectivity index (χ2n) is 10.6. The summed E-state index contributed by atoms with van der Waals surface area (Å²) < 4.78 is 0. The second-order valence-corrected chi connectivity index (χ2v) is 10.6. The molecule has 2 saturated carbocycles. The molecule has 3 nitrogen and oxygen atoms in total. The van der Waals surface area contributed by atoms with Crippen molar-refractivity contribution in [2.45, 2.75) is 70.3 Å². The molecule has 2 fully saturated rings. The van der Waals surface area contributed by atoms with E-state index in [0.29, 0.717) is 35.9 Å². The van der Waals surface area contributed by atoms with Gasteiger partial charge in [0, 0.05) is 32.6 Å². The first-order valence-electron chi connectivity index (χ1n) is 11.6. The largest absolute Gasteiger partial charge is 0.393 e. The second kappa shape index (κ2) is 6.97. The molecular weight excluding hydrogens is 358 g/mol. The third kappa shape index (κ3) is 3.00. The van der Waals surface area contributed by atoms with E-state index in [4.69, 9.17) is 0 Å². The third-order valence-electron chi connectivity index (χ3n) is 8.99. The van der Waals surface area contributed by atoms with Crippen molar-refractivity contribution in [3.05, 3.63) is 41.0 Å². The Morgan fingerprint density at radius 1 is 1.03 bits per heavy atom. The van der Waals surface area contributed by atoms with E-state index in [-0.39, 0.29) is 11.5 Å². The molecule has 29 heavy (non-hydrogen) atoms. The average Bonchev–Trinajstić information content (AvgIpc) is 3.01. The standard InChI is InChI=1S/C26H35NO2/c1-26-15-22(16-4-7-18(8-5-16)27(2)3)25-20-11-9-19(28)14-17(20)6-10-21(25)23(26)12-13-24(26)29/h4-5,7-8,21-25,29H,6,9-15H2,1-3H3. The Labute approximate surface area is 175 Å². The zero-order valence-electron chi connectivity index (χ0n) is 18.2. The number of hydrogen-bond acceptors (Lipinski definition) is 3. The van der Waals surface area contributed by atoms with Crippen molar-refractivity contribution in [2.24, 2.45) is 23.2 Å². The molecule has 4 aliphatic rings. The minimum atomic E-state index is -0.166. The van der Waals surface area contributed by atoms with E-state index >= 15 is 0 Å². The highest BCUT2D eigenvalue weighted by atomic mass is 16.3. The van der Waals surface area contributed by atoms with Gasteiger partial charge in [0.05, 0.1) is 6.10 Å². The highest BCUT2D eigenvalue weighted by Crippen LogP contribution is 2.64. The van der Waals surface area contributed by atoms with E-state index in [1.165, 1.54) is 29.7 Å². The summed E-state index contributed by atoms with van der Waals surface area (Å²) in [5.41, 5.74) is 5.80. The van der Waals surface area contributed by atoms with Gasteiger partial charge in [-0.05, 0) is 85.3 Å². The number of carbonyl (C=O) groups is 1. The van der Waals surface area contributed by atoms with Crippen LogP contribution >= 0.6 is 0 Å². The summed E-state index contributed by atoms with van der Waals surface area (Å²) in [4.78, 5) is 14.3. The first-order chi connectivity index (χ1) is 13.9. The first kappa shape index (κ1) is 19.4. The van der Waals surface area contributed by atoms with Crippen molar-refractivity contribution in [3.63, 3.8) is 0 Å². The number of anilines is 1. The van der Waals surface area contributed by atoms with Gasteiger partial charge >= 0.3 is 0 Å². The molecule has 0 heterocycles. The fourth-order valence-electron chi connectivity index (χ4n) is 7.49. The summed E-state index contributed by atoms with van der Waals surface area (Å²) in [5, 5.41) is 11.0. The zero-order chi connectivity index (χ0) is 20.3. The summed E-state index contributed by atoms with van der Waals surface area (Å²) in [7, 11) is 4.17. The molecule has 0 saturated heterocycles. The molecule has 0 aliphatic heterocycles. The van der Waals surface area contributed by atoms with Gasteiger partial charge in [0.25, 0.3) is 0 Å². The van der Waals surface area contributed by atoms with Crippen molar-refractivity contribution >= 4 is 11.5 Å². The molecule has 1 aromatic carbocycles. The van der Waals surface area contributed by atoms with Crippen LogP contribution in [0.25, 0.3) is 0 Å². The number of carbonyl (C=O) groups excluding carboxylic acids is 1. The van der Waals surface area contributed by atoms with Gasteiger partial charge in [-0.2, -0.15) is 0 Å². The summed E-state index contributed by atoms with van der Waals surface area (Å²) in [6.07, 6.45) is 7.77. The monoisotopic (exact) mass is 393 g/mol. The molecule has 5 rings (SSSR count). The highest BCUT2D eigenvalue weighted by Gasteiger charge is 2.58. The van der Waals surface area contributed by atoms with Gasteiger partial charge in [-0.3, -0.25) is 4.79 Å². The number of nitrogens with zero attached hydrogens (tertiary/aromatic N) is 1. The maximum atomic E-state index is 12.1. The SMILES string of the molecule is CN(C)c1ccc(C2CC3(C)C(O)CCC3C3CCC4=C(CCC(=O)C4)C23)cc1. The van der Waals surface area contributed by atoms with Crippen LogP contribution in [0.2, 0.25) is 0 Å². The molecular formula is C26H35NO2. The lowest BCUT2D eigenvalue weighted by atomic mass is 9.50. The van der Waals surface area contributed by atoms with Crippen LogP contribution in [-0.4, -0.2) is 31.1 Å². The van der Waals surface area contributed by atoms with Crippen LogP contribution in [0.1, 0.15) is 69.8 Å². The van der Waals surface area contributed by atoms with Gasteiger partial charge in [0.1, 0.15) is 5.78 Å². The molecule has 4 aliphatic carbocycles. The topological polar surface area (TPSA) is 40.5 Å². The molecule has 1 aromatic rings. The molecule has 0 radical (unpaired) electrons. The molecule has 3 heteroatoms. The number of aliphatic hydroxyl groups is 1. The number of aliphatic hydroxyl groups excluding tert-OH is 1. The van der Waals surface area contributed by atoms with E-state index in [1.54, 1.807) is 5.57 Å². The van der Waals surface area contributed by atoms with E-state index < -0.39 is 0 Å². The molecule has 6 atom stereocenters. The van der Waals surface area contributed by atoms with Gasteiger partial charge in [-0.15, -0.1) is 0 Å². The van der Waals surface area contributed by atoms with Crippen LogP contribution in [-0.2, 0) is 4.79 Å². The van der Waals surface area contributed by atoms with Crippen LogP contribution in [0, 0.1) is 23.2 Å². The number of fused-ring (bicyclic) bond motifs is 4. The van der Waals surface area contributed by atoms with Crippen LogP contribution in [0.5, 0.6) is 0 Å². The van der Waals surface area contributed by atoms with Crippen molar-refractivity contribution in [1.29, 1.82) is 0 Å². The van der Waals surface area contributed by atoms with Gasteiger partial charge in [0.15, 0.2) is 0 Å². The number of benzene rings is 1. The third-order valence-corrected chi connectivity index (χ3v) is 8.99. The normalized spacial score (nSPS) is 39.0. The van der Waals surface area contributed by atoms with E-state index in [0.717, 1.165) is 32.1 Å². The van der Waals surface area contributed by atoms with Crippen LogP contribution in [0.3, 0.4) is 0 Å². The predicted molar refractivity (Wildman–Crippen MR) is 117 cm³/mol. The fraction of sp³-hybridized carbons (Fsp3) is 0.654. The van der Waals surface area contributed by atoms with E-state index in [1.807, 2.05) is 0 Å². The Hall–Kier alpha value is -1.61. The Bertz CT molecular complexity index is 839. The minimum Gasteiger partial charge on any atom is -0.393 e. The van der Waals surface area contributed by atoms with E-state index in [2.05, 4.69) is 50.2 Å². The molecule has 6 unspecified atom stereocenters. The summed E-state index contributed by atoms with van der Waals surface area (Å²) in [6, 6.07) is 9.13. The molecule has 0 aromatic heterocycles. The summed E-state index contributed by atoms with van der Waals surface area (Å²) >= 11 is 0. The average molecular weight is 394 g/mol. The van der Waals surface area contributed by atoms with Crippen molar-refractivity contribution in [1.82, 2.24) is 0 Å². The molecule has 0 spiro atoms. The maximum Gasteiger partial charge on any atom is 0.137 e. The molecule has 1 N–H and O–H groups in total. The Kier molecular flexibility index (Phi) is 4.66. The van der Waals surface area contributed by atoms with Crippen LogP contribution in [0.15, 0.2) is 35.4 Å². The summed E-state index contributed by atoms with van der Waals surface area (Å²) in [6.45, 7) is 2.36. The lowest BCUT2D eigenvalue weighted by Crippen LogP contribution is -2.48. The van der Waals surface area contributed by atoms with Crippen LogP contribution in [0.4, 0.5) is 5.69 Å². The van der Waals surface area contributed by atoms with Gasteiger partial charge < -0.3 is 10.0 Å². The smallest absolute Gasteiger partial charge is 0.137 e. The Morgan fingerprint density at radius 3 is 2.52 bits per heavy atom. The predicted octanol–water partition coefficient (Wildman–Crippen LogP) is 5.09. The fourth-order valence-corrected chi connectivity index (χ4v) is 7.49. The van der Waals surface area contributed by atoms with Crippen molar-refractivity contribution in [3.8, 4) is 0 Å². The number of hydrogen-bond donors (Lipinski definition) is 1. The maximum absolute atomic E-state index is 12.1.